The van der Waals surface area contributed by atoms with Crippen molar-refractivity contribution in [2.45, 2.75) is 20.3 Å². The van der Waals surface area contributed by atoms with Crippen LogP contribution in [0.25, 0.3) is 0 Å². The Morgan fingerprint density at radius 3 is 2.15 bits per heavy atom. The number of hydrogen-bond donors (Lipinski definition) is 3. The average molecular weight is 187 g/mol. The Balaban J connectivity index is 3.48. The van der Waals surface area contributed by atoms with Crippen LogP contribution < -0.4 is 11.6 Å². The van der Waals surface area contributed by atoms with Gasteiger partial charge in [-0.1, -0.05) is 13.8 Å². The second-order valence-corrected chi connectivity index (χ2v) is 2.96. The summed E-state index contributed by atoms with van der Waals surface area (Å²) in [5, 5.41) is 8.31. The largest absolute Gasteiger partial charge is 0.369 e. The quantitative estimate of drug-likeness (QED) is 0.232. The van der Waals surface area contributed by atoms with Crippen LogP contribution in [0.1, 0.15) is 20.3 Å². The van der Waals surface area contributed by atoms with Gasteiger partial charge in [0.25, 0.3) is 0 Å². The van der Waals surface area contributed by atoms with Crippen molar-refractivity contribution in [2.24, 2.45) is 11.6 Å². The highest BCUT2D eigenvalue weighted by Crippen LogP contribution is 1.91. The van der Waals surface area contributed by atoms with Gasteiger partial charge in [0.2, 0.25) is 5.96 Å². The van der Waals surface area contributed by atoms with Crippen LogP contribution in [0.15, 0.2) is 0 Å². The van der Waals surface area contributed by atoms with Crippen LogP contribution in [0.4, 0.5) is 0 Å². The Morgan fingerprint density at radius 1 is 1.23 bits per heavy atom. The highest BCUT2D eigenvalue weighted by molar-refractivity contribution is 5.73. The third-order valence-electron chi connectivity index (χ3n) is 2.08. The van der Waals surface area contributed by atoms with E-state index in [1.807, 2.05) is 0 Å². The predicted octanol–water partition coefficient (Wildman–Crippen LogP) is -0.213. The summed E-state index contributed by atoms with van der Waals surface area (Å²) in [7, 11) is 0. The first-order valence-corrected chi connectivity index (χ1v) is 4.70. The summed E-state index contributed by atoms with van der Waals surface area (Å²) in [5.74, 6) is 5.38. The number of guanidine groups is 1. The molecule has 0 spiro atoms. The van der Waals surface area contributed by atoms with Crippen LogP contribution in [0.3, 0.4) is 0 Å². The van der Waals surface area contributed by atoms with E-state index in [0.717, 1.165) is 26.1 Å². The molecular weight excluding hydrogens is 166 g/mol. The van der Waals surface area contributed by atoms with Crippen LogP contribution in [0.2, 0.25) is 0 Å². The van der Waals surface area contributed by atoms with Crippen molar-refractivity contribution in [3.8, 4) is 0 Å². The van der Waals surface area contributed by atoms with Crippen LogP contribution in [-0.2, 0) is 0 Å². The SMILES string of the molecule is CCN(CC)CCCN(N)C(=N)N. The maximum atomic E-state index is 7.04. The molecule has 0 amide bonds. The van der Waals surface area contributed by atoms with Gasteiger partial charge < -0.3 is 10.6 Å². The van der Waals surface area contributed by atoms with E-state index in [-0.39, 0.29) is 5.96 Å². The molecule has 0 aliphatic rings. The minimum absolute atomic E-state index is 0.0699. The number of rotatable bonds is 6. The van der Waals surface area contributed by atoms with Gasteiger partial charge in [0.1, 0.15) is 0 Å². The molecule has 0 aromatic carbocycles. The van der Waals surface area contributed by atoms with E-state index in [0.29, 0.717) is 6.54 Å². The van der Waals surface area contributed by atoms with Gasteiger partial charge in [0.15, 0.2) is 0 Å². The van der Waals surface area contributed by atoms with Gasteiger partial charge in [-0.05, 0) is 26.1 Å². The maximum absolute atomic E-state index is 7.04. The summed E-state index contributed by atoms with van der Waals surface area (Å²) in [6.07, 6.45) is 0.942. The molecule has 5 nitrogen and oxygen atoms in total. The molecule has 13 heavy (non-hydrogen) atoms. The fourth-order valence-corrected chi connectivity index (χ4v) is 1.12. The summed E-state index contributed by atoms with van der Waals surface area (Å²) in [6.45, 7) is 8.03. The lowest BCUT2D eigenvalue weighted by Gasteiger charge is -2.20. The van der Waals surface area contributed by atoms with Crippen LogP contribution >= 0.6 is 0 Å². The van der Waals surface area contributed by atoms with E-state index in [1.54, 1.807) is 0 Å². The molecule has 78 valence electrons. The first-order chi connectivity index (χ1) is 6.11. The van der Waals surface area contributed by atoms with Crippen molar-refractivity contribution in [1.29, 1.82) is 5.41 Å². The monoisotopic (exact) mass is 187 g/mol. The average Bonchev–Trinajstić information content (AvgIpc) is 2.12. The van der Waals surface area contributed by atoms with E-state index < -0.39 is 0 Å². The highest BCUT2D eigenvalue weighted by atomic mass is 15.4. The number of nitrogens with two attached hydrogens (primary N) is 2. The molecular formula is C8H21N5. The van der Waals surface area contributed by atoms with Crippen molar-refractivity contribution in [1.82, 2.24) is 9.91 Å². The first kappa shape index (κ1) is 12.2. The molecule has 5 heteroatoms. The van der Waals surface area contributed by atoms with Crippen molar-refractivity contribution < 1.29 is 0 Å². The normalized spacial score (nSPS) is 10.5. The lowest BCUT2D eigenvalue weighted by molar-refractivity contribution is 0.282. The van der Waals surface area contributed by atoms with Gasteiger partial charge in [-0.25, -0.2) is 5.84 Å². The minimum atomic E-state index is -0.0699. The topological polar surface area (TPSA) is 82.4 Å². The van der Waals surface area contributed by atoms with Gasteiger partial charge in [0.05, 0.1) is 0 Å². The number of hydrogen-bond acceptors (Lipinski definition) is 3. The molecule has 0 aliphatic carbocycles. The number of nitrogens with one attached hydrogen (secondary N) is 1. The van der Waals surface area contributed by atoms with Crippen LogP contribution in [0, 0.1) is 5.41 Å². The molecule has 0 fully saturated rings. The van der Waals surface area contributed by atoms with Crippen molar-refractivity contribution in [2.75, 3.05) is 26.2 Å². The highest BCUT2D eigenvalue weighted by Gasteiger charge is 2.02. The third-order valence-corrected chi connectivity index (χ3v) is 2.08. The minimum Gasteiger partial charge on any atom is -0.369 e. The lowest BCUT2D eigenvalue weighted by Crippen LogP contribution is -2.43. The summed E-state index contributed by atoms with van der Waals surface area (Å²) < 4.78 is 0. The van der Waals surface area contributed by atoms with Gasteiger partial charge >= 0.3 is 0 Å². The Kier molecular flexibility index (Phi) is 6.26. The fourth-order valence-electron chi connectivity index (χ4n) is 1.12. The molecule has 5 N–H and O–H groups in total. The zero-order valence-electron chi connectivity index (χ0n) is 8.58. The lowest BCUT2D eigenvalue weighted by atomic mass is 10.3. The molecule has 0 bridgehead atoms. The Morgan fingerprint density at radius 2 is 1.77 bits per heavy atom. The van der Waals surface area contributed by atoms with Crippen LogP contribution in [-0.4, -0.2) is 42.0 Å². The van der Waals surface area contributed by atoms with Gasteiger partial charge in [-0.15, -0.1) is 0 Å². The fraction of sp³-hybridized carbons (Fsp3) is 0.875. The molecule has 0 aliphatic heterocycles. The van der Waals surface area contributed by atoms with Crippen molar-refractivity contribution in [3.05, 3.63) is 0 Å². The van der Waals surface area contributed by atoms with Gasteiger partial charge in [0, 0.05) is 6.54 Å². The first-order valence-electron chi connectivity index (χ1n) is 4.70. The van der Waals surface area contributed by atoms with E-state index in [9.17, 15) is 0 Å². The van der Waals surface area contributed by atoms with E-state index in [2.05, 4.69) is 18.7 Å². The van der Waals surface area contributed by atoms with E-state index >= 15 is 0 Å². The van der Waals surface area contributed by atoms with Crippen LogP contribution in [0.5, 0.6) is 0 Å². The van der Waals surface area contributed by atoms with Crippen molar-refractivity contribution in [3.63, 3.8) is 0 Å². The molecule has 0 rings (SSSR count). The molecule has 0 saturated heterocycles. The zero-order chi connectivity index (χ0) is 10.3. The third kappa shape index (κ3) is 5.43. The molecule has 0 saturated carbocycles. The Hall–Kier alpha value is -0.810. The standard InChI is InChI=1S/C8H21N5/c1-3-12(4-2)6-5-7-13(11)8(9)10/h3-7,11H2,1-2H3,(H3,9,10). The zero-order valence-corrected chi connectivity index (χ0v) is 8.58. The molecule has 0 unspecified atom stereocenters. The maximum Gasteiger partial charge on any atom is 0.202 e. The smallest absolute Gasteiger partial charge is 0.202 e. The molecule has 0 heterocycles. The molecule has 0 radical (unpaired) electrons. The summed E-state index contributed by atoms with van der Waals surface area (Å²) in [4.78, 5) is 2.31. The number of nitrogens with zero attached hydrogens (tertiary/aromatic N) is 2. The van der Waals surface area contributed by atoms with E-state index in [1.165, 1.54) is 5.01 Å². The second-order valence-electron chi connectivity index (χ2n) is 2.96. The number of hydrazine groups is 1. The molecule has 0 aromatic heterocycles. The van der Waals surface area contributed by atoms with Gasteiger partial charge in [-0.2, -0.15) is 0 Å². The Bertz CT molecular complexity index is 143. The summed E-state index contributed by atoms with van der Waals surface area (Å²) >= 11 is 0. The molecule has 0 atom stereocenters. The summed E-state index contributed by atoms with van der Waals surface area (Å²) in [5.41, 5.74) is 5.19. The second kappa shape index (κ2) is 6.68. The Labute approximate surface area is 80.1 Å². The van der Waals surface area contributed by atoms with Gasteiger partial charge in [-0.3, -0.25) is 10.4 Å². The molecule has 0 aromatic rings. The predicted molar refractivity (Wildman–Crippen MR) is 55.2 cm³/mol. The summed E-state index contributed by atoms with van der Waals surface area (Å²) in [6, 6.07) is 0. The van der Waals surface area contributed by atoms with E-state index in [4.69, 9.17) is 17.0 Å². The van der Waals surface area contributed by atoms with Crippen molar-refractivity contribution >= 4 is 5.96 Å².